The maximum atomic E-state index is 11.4. The second-order valence-corrected chi connectivity index (χ2v) is 3.45. The molecule has 14 heavy (non-hydrogen) atoms. The van der Waals surface area contributed by atoms with Crippen molar-refractivity contribution in [2.45, 2.75) is 25.6 Å². The number of cyclic esters (lactones) is 1. The molecule has 3 nitrogen and oxygen atoms in total. The van der Waals surface area contributed by atoms with E-state index in [9.17, 15) is 9.90 Å². The molecule has 3 heteroatoms. The van der Waals surface area contributed by atoms with E-state index in [1.165, 1.54) is 0 Å². The zero-order valence-electron chi connectivity index (χ0n) is 7.99. The molecular formula is C11H12O3. The van der Waals surface area contributed by atoms with Crippen molar-refractivity contribution in [3.05, 3.63) is 35.4 Å². The highest BCUT2D eigenvalue weighted by atomic mass is 16.6. The minimum Gasteiger partial charge on any atom is -0.458 e. The minimum absolute atomic E-state index is 0.261. The molecule has 0 unspecified atom stereocenters. The van der Waals surface area contributed by atoms with Crippen molar-refractivity contribution in [2.75, 3.05) is 0 Å². The van der Waals surface area contributed by atoms with Crippen molar-refractivity contribution in [3.63, 3.8) is 0 Å². The molecule has 0 radical (unpaired) electrons. The SMILES string of the molecule is CC[C@]1(O)C(=O)OCc2ccccc21. The predicted octanol–water partition coefficient (Wildman–Crippen LogP) is 1.34. The van der Waals surface area contributed by atoms with Gasteiger partial charge in [0.25, 0.3) is 0 Å². The Bertz CT molecular complexity index is 373. The van der Waals surface area contributed by atoms with Crippen LogP contribution in [0.1, 0.15) is 24.5 Å². The van der Waals surface area contributed by atoms with Gasteiger partial charge in [0.15, 0.2) is 5.60 Å². The molecule has 0 aliphatic carbocycles. The van der Waals surface area contributed by atoms with E-state index in [2.05, 4.69) is 0 Å². The number of carbonyl (C=O) groups excluding carboxylic acids is 1. The van der Waals surface area contributed by atoms with Gasteiger partial charge in [0.1, 0.15) is 6.61 Å². The van der Waals surface area contributed by atoms with Gasteiger partial charge in [-0.25, -0.2) is 4.79 Å². The molecule has 0 spiro atoms. The fourth-order valence-electron chi connectivity index (χ4n) is 1.76. The summed E-state index contributed by atoms with van der Waals surface area (Å²) in [6, 6.07) is 7.33. The summed E-state index contributed by atoms with van der Waals surface area (Å²) in [7, 11) is 0. The lowest BCUT2D eigenvalue weighted by atomic mass is 9.86. The number of carbonyl (C=O) groups is 1. The summed E-state index contributed by atoms with van der Waals surface area (Å²) >= 11 is 0. The first-order valence-electron chi connectivity index (χ1n) is 4.66. The lowest BCUT2D eigenvalue weighted by Crippen LogP contribution is -2.40. The van der Waals surface area contributed by atoms with Crippen molar-refractivity contribution in [1.29, 1.82) is 0 Å². The fraction of sp³-hybridized carbons (Fsp3) is 0.364. The Morgan fingerprint density at radius 2 is 2.21 bits per heavy atom. The molecule has 1 aliphatic rings. The Balaban J connectivity index is 2.57. The van der Waals surface area contributed by atoms with Crippen LogP contribution in [0.5, 0.6) is 0 Å². The number of rotatable bonds is 1. The first-order valence-corrected chi connectivity index (χ1v) is 4.66. The highest BCUT2D eigenvalue weighted by Crippen LogP contribution is 2.33. The standard InChI is InChI=1S/C11H12O3/c1-2-11(13)9-6-4-3-5-8(9)7-14-10(11)12/h3-6,13H,2,7H2,1H3/t11-/m1/s1. The highest BCUT2D eigenvalue weighted by molar-refractivity contribution is 5.82. The van der Waals surface area contributed by atoms with Gasteiger partial charge in [-0.05, 0) is 12.0 Å². The molecule has 1 heterocycles. The van der Waals surface area contributed by atoms with Gasteiger partial charge < -0.3 is 9.84 Å². The van der Waals surface area contributed by atoms with Crippen LogP contribution in [0.25, 0.3) is 0 Å². The molecule has 1 aliphatic heterocycles. The number of hydrogen-bond donors (Lipinski definition) is 1. The van der Waals surface area contributed by atoms with E-state index >= 15 is 0 Å². The van der Waals surface area contributed by atoms with Crippen molar-refractivity contribution >= 4 is 5.97 Å². The van der Waals surface area contributed by atoms with Gasteiger partial charge in [0.05, 0.1) is 0 Å². The van der Waals surface area contributed by atoms with Crippen LogP contribution in [0, 0.1) is 0 Å². The maximum absolute atomic E-state index is 11.4. The van der Waals surface area contributed by atoms with Crippen molar-refractivity contribution < 1.29 is 14.6 Å². The summed E-state index contributed by atoms with van der Waals surface area (Å²) in [4.78, 5) is 11.4. The normalized spacial score (nSPS) is 25.4. The number of aliphatic hydroxyl groups is 1. The molecule has 1 aromatic carbocycles. The van der Waals surface area contributed by atoms with Gasteiger partial charge in [-0.3, -0.25) is 0 Å². The summed E-state index contributed by atoms with van der Waals surface area (Å²) in [6.45, 7) is 2.03. The Labute approximate surface area is 82.3 Å². The molecule has 0 amide bonds. The van der Waals surface area contributed by atoms with Crippen LogP contribution in [0.3, 0.4) is 0 Å². The zero-order chi connectivity index (χ0) is 10.2. The quantitative estimate of drug-likeness (QED) is 0.683. The Kier molecular flexibility index (Phi) is 2.04. The van der Waals surface area contributed by atoms with Gasteiger partial charge in [0.2, 0.25) is 0 Å². The fourth-order valence-corrected chi connectivity index (χ4v) is 1.76. The molecule has 0 saturated heterocycles. The van der Waals surface area contributed by atoms with Gasteiger partial charge >= 0.3 is 5.97 Å². The van der Waals surface area contributed by atoms with Gasteiger partial charge in [0, 0.05) is 5.56 Å². The Morgan fingerprint density at radius 1 is 1.50 bits per heavy atom. The molecule has 0 fully saturated rings. The smallest absolute Gasteiger partial charge is 0.343 e. The highest BCUT2D eigenvalue weighted by Gasteiger charge is 2.42. The van der Waals surface area contributed by atoms with Crippen LogP contribution in [0.2, 0.25) is 0 Å². The maximum Gasteiger partial charge on any atom is 0.343 e. The summed E-state index contributed by atoms with van der Waals surface area (Å²) in [5.41, 5.74) is 0.115. The van der Waals surface area contributed by atoms with E-state index in [0.717, 1.165) is 5.56 Å². The van der Waals surface area contributed by atoms with E-state index in [1.807, 2.05) is 18.2 Å². The monoisotopic (exact) mass is 192 g/mol. The largest absolute Gasteiger partial charge is 0.458 e. The predicted molar refractivity (Wildman–Crippen MR) is 50.4 cm³/mol. The lowest BCUT2D eigenvalue weighted by molar-refractivity contribution is -0.172. The molecule has 74 valence electrons. The van der Waals surface area contributed by atoms with Gasteiger partial charge in [-0.2, -0.15) is 0 Å². The first kappa shape index (κ1) is 9.21. The van der Waals surface area contributed by atoms with E-state index < -0.39 is 11.6 Å². The third-order valence-corrected chi connectivity index (χ3v) is 2.67. The van der Waals surface area contributed by atoms with E-state index in [-0.39, 0.29) is 6.61 Å². The van der Waals surface area contributed by atoms with Crippen LogP contribution in [-0.4, -0.2) is 11.1 Å². The molecule has 0 saturated carbocycles. The molecule has 1 atom stereocenters. The van der Waals surface area contributed by atoms with Crippen LogP contribution in [0.4, 0.5) is 0 Å². The second-order valence-electron chi connectivity index (χ2n) is 3.45. The van der Waals surface area contributed by atoms with Crippen LogP contribution in [0.15, 0.2) is 24.3 Å². The topological polar surface area (TPSA) is 46.5 Å². The van der Waals surface area contributed by atoms with Crippen molar-refractivity contribution in [1.82, 2.24) is 0 Å². The Hall–Kier alpha value is -1.35. The van der Waals surface area contributed by atoms with E-state index in [0.29, 0.717) is 12.0 Å². The molecule has 2 rings (SSSR count). The molecular weight excluding hydrogens is 180 g/mol. The number of benzene rings is 1. The summed E-state index contributed by atoms with van der Waals surface area (Å²) < 4.78 is 4.92. The second kappa shape index (κ2) is 3.10. The van der Waals surface area contributed by atoms with Crippen LogP contribution >= 0.6 is 0 Å². The summed E-state index contributed by atoms with van der Waals surface area (Å²) in [5, 5.41) is 10.1. The van der Waals surface area contributed by atoms with Crippen LogP contribution in [-0.2, 0) is 21.7 Å². The van der Waals surface area contributed by atoms with Crippen LogP contribution < -0.4 is 0 Å². The zero-order valence-corrected chi connectivity index (χ0v) is 7.99. The third kappa shape index (κ3) is 1.13. The van der Waals surface area contributed by atoms with Crippen molar-refractivity contribution in [3.8, 4) is 0 Å². The minimum atomic E-state index is -1.45. The number of ether oxygens (including phenoxy) is 1. The lowest BCUT2D eigenvalue weighted by Gasteiger charge is -2.31. The Morgan fingerprint density at radius 3 is 2.93 bits per heavy atom. The van der Waals surface area contributed by atoms with Gasteiger partial charge in [-0.15, -0.1) is 0 Å². The third-order valence-electron chi connectivity index (χ3n) is 2.67. The first-order chi connectivity index (χ1) is 6.68. The molecule has 1 aromatic rings. The molecule has 0 aromatic heterocycles. The molecule has 1 N–H and O–H groups in total. The number of esters is 1. The number of hydrogen-bond acceptors (Lipinski definition) is 3. The molecule has 0 bridgehead atoms. The van der Waals surface area contributed by atoms with Gasteiger partial charge in [-0.1, -0.05) is 31.2 Å². The summed E-state index contributed by atoms with van der Waals surface area (Å²) in [5.74, 6) is -0.543. The van der Waals surface area contributed by atoms with Crippen molar-refractivity contribution in [2.24, 2.45) is 0 Å². The summed E-state index contributed by atoms with van der Waals surface area (Å²) in [6.07, 6.45) is 0.336. The van der Waals surface area contributed by atoms with E-state index in [1.54, 1.807) is 13.0 Å². The average molecular weight is 192 g/mol. The van der Waals surface area contributed by atoms with E-state index in [4.69, 9.17) is 4.74 Å². The average Bonchev–Trinajstić information content (AvgIpc) is 2.24. The number of fused-ring (bicyclic) bond motifs is 1.